The summed E-state index contributed by atoms with van der Waals surface area (Å²) in [6, 6.07) is 0. The molecule has 0 aromatic carbocycles. The standard InChI is InChI=1S/C15H22N/c1-13-9-6-4-2-3-5-7-10-14(13)15-11-8-12-16-15/h8,11-12H,2-7,9-10H2,1H3/b14-13+. The lowest BCUT2D eigenvalue weighted by Gasteiger charge is -2.15. The van der Waals surface area contributed by atoms with Gasteiger partial charge in [-0.2, -0.15) is 0 Å². The van der Waals surface area contributed by atoms with Gasteiger partial charge >= 0.3 is 0 Å². The Morgan fingerprint density at radius 2 is 1.62 bits per heavy atom. The number of rotatable bonds is 1. The predicted octanol–water partition coefficient (Wildman–Crippen LogP) is 4.45. The summed E-state index contributed by atoms with van der Waals surface area (Å²) >= 11 is 0. The Morgan fingerprint density at radius 3 is 2.31 bits per heavy atom. The van der Waals surface area contributed by atoms with Gasteiger partial charge in [-0.05, 0) is 50.3 Å². The van der Waals surface area contributed by atoms with Crippen molar-refractivity contribution in [1.29, 1.82) is 0 Å². The van der Waals surface area contributed by atoms with Crippen LogP contribution in [-0.4, -0.2) is 0 Å². The Kier molecular flexibility index (Phi) is 4.26. The first-order valence-electron chi connectivity index (χ1n) is 6.64. The Balaban J connectivity index is 2.08. The van der Waals surface area contributed by atoms with Crippen molar-refractivity contribution in [1.82, 2.24) is 5.32 Å². The van der Waals surface area contributed by atoms with Crippen molar-refractivity contribution in [3.63, 3.8) is 0 Å². The van der Waals surface area contributed by atoms with Crippen molar-refractivity contribution in [2.45, 2.75) is 58.3 Å². The van der Waals surface area contributed by atoms with E-state index in [-0.39, 0.29) is 0 Å². The van der Waals surface area contributed by atoms with E-state index in [0.717, 1.165) is 0 Å². The first kappa shape index (κ1) is 11.5. The number of nitrogens with zero attached hydrogens (tertiary/aromatic N) is 1. The summed E-state index contributed by atoms with van der Waals surface area (Å²) in [5, 5.41) is 4.46. The van der Waals surface area contributed by atoms with E-state index in [0.29, 0.717) is 0 Å². The molecular weight excluding hydrogens is 194 g/mol. The van der Waals surface area contributed by atoms with Crippen LogP contribution in [0.3, 0.4) is 0 Å². The minimum atomic E-state index is 1.22. The Labute approximate surface area is 99.3 Å². The summed E-state index contributed by atoms with van der Waals surface area (Å²) in [6.07, 6.45) is 16.9. The van der Waals surface area contributed by atoms with Crippen LogP contribution < -0.4 is 5.32 Å². The van der Waals surface area contributed by atoms with Crippen LogP contribution in [0.2, 0.25) is 0 Å². The van der Waals surface area contributed by atoms with E-state index in [4.69, 9.17) is 0 Å². The van der Waals surface area contributed by atoms with Gasteiger partial charge in [0.05, 0.1) is 5.70 Å². The molecule has 1 heterocycles. The molecule has 0 atom stereocenters. The average Bonchev–Trinajstić information content (AvgIpc) is 2.80. The summed E-state index contributed by atoms with van der Waals surface area (Å²) < 4.78 is 0. The van der Waals surface area contributed by atoms with E-state index >= 15 is 0 Å². The van der Waals surface area contributed by atoms with Gasteiger partial charge in [-0.15, -0.1) is 0 Å². The lowest BCUT2D eigenvalue weighted by molar-refractivity contribution is 0.578. The Hall–Kier alpha value is -0.980. The lowest BCUT2D eigenvalue weighted by atomic mass is 9.93. The first-order valence-corrected chi connectivity index (χ1v) is 6.64. The van der Waals surface area contributed by atoms with E-state index < -0.39 is 0 Å². The topological polar surface area (TPSA) is 14.1 Å². The van der Waals surface area contributed by atoms with Gasteiger partial charge in [-0.3, -0.25) is 5.32 Å². The molecule has 1 nitrogen and oxygen atoms in total. The highest BCUT2D eigenvalue weighted by Crippen LogP contribution is 2.27. The smallest absolute Gasteiger partial charge is 0.0661 e. The molecule has 1 radical (unpaired) electrons. The van der Waals surface area contributed by atoms with Crippen LogP contribution in [0.25, 0.3) is 0 Å². The zero-order valence-electron chi connectivity index (χ0n) is 10.3. The summed E-state index contributed by atoms with van der Waals surface area (Å²) in [5.41, 5.74) is 4.31. The second-order valence-corrected chi connectivity index (χ2v) is 4.90. The van der Waals surface area contributed by atoms with Crippen LogP contribution >= 0.6 is 0 Å². The van der Waals surface area contributed by atoms with E-state index in [9.17, 15) is 0 Å². The van der Waals surface area contributed by atoms with Gasteiger partial charge in [-0.25, -0.2) is 0 Å². The molecule has 0 aromatic heterocycles. The third-order valence-corrected chi connectivity index (χ3v) is 3.61. The van der Waals surface area contributed by atoms with E-state index in [2.05, 4.69) is 24.4 Å². The number of allylic oxidation sites excluding steroid dienone is 4. The molecule has 2 rings (SSSR count). The fourth-order valence-corrected chi connectivity index (χ4v) is 2.59. The Bertz CT molecular complexity index is 320. The quantitative estimate of drug-likeness (QED) is 0.614. The molecule has 0 saturated carbocycles. The molecule has 0 bridgehead atoms. The summed E-state index contributed by atoms with van der Waals surface area (Å²) in [6.45, 7) is 2.30. The predicted molar refractivity (Wildman–Crippen MR) is 69.0 cm³/mol. The van der Waals surface area contributed by atoms with Gasteiger partial charge in [-0.1, -0.05) is 31.3 Å². The Morgan fingerprint density at radius 1 is 0.938 bits per heavy atom. The van der Waals surface area contributed by atoms with Gasteiger partial charge in [0.15, 0.2) is 0 Å². The fourth-order valence-electron chi connectivity index (χ4n) is 2.59. The zero-order chi connectivity index (χ0) is 11.2. The largest absolute Gasteiger partial charge is 0.257 e. The molecule has 0 spiro atoms. The van der Waals surface area contributed by atoms with Gasteiger partial charge in [0.1, 0.15) is 0 Å². The van der Waals surface area contributed by atoms with Crippen molar-refractivity contribution >= 4 is 0 Å². The highest BCUT2D eigenvalue weighted by Gasteiger charge is 2.12. The van der Waals surface area contributed by atoms with Crippen molar-refractivity contribution in [2.24, 2.45) is 0 Å². The molecule has 1 aliphatic carbocycles. The minimum Gasteiger partial charge on any atom is -0.257 e. The molecule has 2 aliphatic rings. The van der Waals surface area contributed by atoms with Gasteiger partial charge < -0.3 is 0 Å². The molecule has 0 saturated heterocycles. The van der Waals surface area contributed by atoms with E-state index in [1.54, 1.807) is 5.57 Å². The van der Waals surface area contributed by atoms with Gasteiger partial charge in [0.2, 0.25) is 0 Å². The van der Waals surface area contributed by atoms with Crippen molar-refractivity contribution < 1.29 is 0 Å². The van der Waals surface area contributed by atoms with Crippen molar-refractivity contribution in [3.05, 3.63) is 35.2 Å². The maximum Gasteiger partial charge on any atom is 0.0661 e. The zero-order valence-corrected chi connectivity index (χ0v) is 10.3. The number of hydrogen-bond acceptors (Lipinski definition) is 0. The molecule has 1 aliphatic heterocycles. The highest BCUT2D eigenvalue weighted by atomic mass is 14.9. The normalized spacial score (nSPS) is 27.4. The second-order valence-electron chi connectivity index (χ2n) is 4.90. The van der Waals surface area contributed by atoms with Crippen LogP contribution in [0.4, 0.5) is 0 Å². The van der Waals surface area contributed by atoms with Crippen molar-refractivity contribution in [2.75, 3.05) is 0 Å². The van der Waals surface area contributed by atoms with E-state index in [1.165, 1.54) is 62.6 Å². The SMILES string of the molecule is C/C1=C(\C2=CC=C[N]2)CCCCCCCC1. The van der Waals surface area contributed by atoms with Gasteiger partial charge in [0.25, 0.3) is 0 Å². The van der Waals surface area contributed by atoms with Crippen LogP contribution in [0.1, 0.15) is 58.3 Å². The first-order chi connectivity index (χ1) is 7.88. The second kappa shape index (κ2) is 5.93. The van der Waals surface area contributed by atoms with Crippen LogP contribution in [0.5, 0.6) is 0 Å². The molecule has 1 heteroatoms. The maximum absolute atomic E-state index is 4.46. The molecule has 0 amide bonds. The molecule has 0 unspecified atom stereocenters. The molecular formula is C15H22N. The summed E-state index contributed by atoms with van der Waals surface area (Å²) in [7, 11) is 0. The van der Waals surface area contributed by atoms with Crippen molar-refractivity contribution in [3.8, 4) is 0 Å². The highest BCUT2D eigenvalue weighted by molar-refractivity contribution is 5.39. The maximum atomic E-state index is 4.46. The summed E-state index contributed by atoms with van der Waals surface area (Å²) in [4.78, 5) is 0. The summed E-state index contributed by atoms with van der Waals surface area (Å²) in [5.74, 6) is 0. The number of hydrogen-bond donors (Lipinski definition) is 0. The monoisotopic (exact) mass is 216 g/mol. The molecule has 0 aromatic rings. The molecule has 87 valence electrons. The van der Waals surface area contributed by atoms with Crippen LogP contribution in [0, 0.1) is 0 Å². The minimum absolute atomic E-state index is 1.22. The van der Waals surface area contributed by atoms with Gasteiger partial charge in [0, 0.05) is 6.20 Å². The third kappa shape index (κ3) is 3.01. The lowest BCUT2D eigenvalue weighted by Crippen LogP contribution is -2.02. The van der Waals surface area contributed by atoms with Crippen LogP contribution in [0.15, 0.2) is 35.2 Å². The molecule has 0 fully saturated rings. The third-order valence-electron chi connectivity index (χ3n) is 3.61. The fraction of sp³-hybridized carbons (Fsp3) is 0.600. The average molecular weight is 216 g/mol. The van der Waals surface area contributed by atoms with E-state index in [1.807, 2.05) is 6.20 Å². The van der Waals surface area contributed by atoms with Crippen LogP contribution in [-0.2, 0) is 0 Å². The molecule has 0 N–H and O–H groups in total. The molecule has 16 heavy (non-hydrogen) atoms.